The van der Waals surface area contributed by atoms with Crippen molar-refractivity contribution in [2.45, 2.75) is 39.2 Å². The normalized spacial score (nSPS) is 14.4. The molecule has 0 bridgehead atoms. The molecule has 0 aromatic heterocycles. The summed E-state index contributed by atoms with van der Waals surface area (Å²) in [5.74, 6) is -0.513. The summed E-state index contributed by atoms with van der Waals surface area (Å²) in [6, 6.07) is 4.71. The van der Waals surface area contributed by atoms with E-state index in [2.05, 4.69) is 10.1 Å². The lowest BCUT2D eigenvalue weighted by Gasteiger charge is -2.17. The molecule has 0 heterocycles. The van der Waals surface area contributed by atoms with Gasteiger partial charge >= 0.3 is 6.36 Å². The molecule has 7 heteroatoms. The van der Waals surface area contributed by atoms with Gasteiger partial charge in [0.15, 0.2) is 0 Å². The molecular weight excluding hydrogens is 285 g/mol. The minimum Gasteiger partial charge on any atom is -0.406 e. The summed E-state index contributed by atoms with van der Waals surface area (Å²) in [6.07, 6.45) is -3.92. The average molecular weight is 304 g/mol. The van der Waals surface area contributed by atoms with Gasteiger partial charge in [0.2, 0.25) is 5.91 Å². The maximum absolute atomic E-state index is 12.0. The Hall–Kier alpha value is -1.76. The fourth-order valence-electron chi connectivity index (χ4n) is 1.63. The third-order valence-electron chi connectivity index (χ3n) is 3.18. The van der Waals surface area contributed by atoms with Crippen LogP contribution in [0.25, 0.3) is 0 Å². The van der Waals surface area contributed by atoms with E-state index in [1.807, 2.05) is 13.8 Å². The van der Waals surface area contributed by atoms with E-state index >= 15 is 0 Å². The number of hydrogen-bond donors (Lipinski definition) is 2. The van der Waals surface area contributed by atoms with E-state index in [1.165, 1.54) is 24.3 Å². The van der Waals surface area contributed by atoms with Crippen molar-refractivity contribution in [3.05, 3.63) is 29.8 Å². The summed E-state index contributed by atoms with van der Waals surface area (Å²) in [4.78, 5) is 11.8. The van der Waals surface area contributed by atoms with Gasteiger partial charge < -0.3 is 15.8 Å². The smallest absolute Gasteiger partial charge is 0.406 e. The lowest BCUT2D eigenvalue weighted by atomic mass is 9.99. The Kier molecular flexibility index (Phi) is 6.02. The van der Waals surface area contributed by atoms with E-state index in [0.717, 1.165) is 6.42 Å². The molecular formula is C14H19F3N2O2. The average Bonchev–Trinajstić information content (AvgIpc) is 2.42. The standard InChI is InChI=1S/C14H19F3N2O2/c1-3-9(2)12(18)13(20)19-8-10-4-6-11(7-5-10)21-14(15,16)17/h4-7,9,12H,3,8,18H2,1-2H3,(H,19,20). The summed E-state index contributed by atoms with van der Waals surface area (Å²) in [7, 11) is 0. The first-order valence-electron chi connectivity index (χ1n) is 6.61. The second-order valence-corrected chi connectivity index (χ2v) is 4.82. The molecule has 0 aliphatic heterocycles. The van der Waals surface area contributed by atoms with E-state index in [-0.39, 0.29) is 24.1 Å². The highest BCUT2D eigenvalue weighted by molar-refractivity contribution is 5.81. The molecule has 1 aromatic carbocycles. The molecule has 2 unspecified atom stereocenters. The molecule has 3 N–H and O–H groups in total. The number of rotatable bonds is 6. The molecule has 21 heavy (non-hydrogen) atoms. The van der Waals surface area contributed by atoms with Crippen molar-refractivity contribution >= 4 is 5.91 Å². The highest BCUT2D eigenvalue weighted by atomic mass is 19.4. The summed E-state index contributed by atoms with van der Waals surface area (Å²) in [6.45, 7) is 4.03. The lowest BCUT2D eigenvalue weighted by molar-refractivity contribution is -0.274. The van der Waals surface area contributed by atoms with Gasteiger partial charge in [-0.1, -0.05) is 32.4 Å². The van der Waals surface area contributed by atoms with Gasteiger partial charge in [-0.25, -0.2) is 0 Å². The number of amides is 1. The highest BCUT2D eigenvalue weighted by Crippen LogP contribution is 2.22. The van der Waals surface area contributed by atoms with Crippen LogP contribution in [0.15, 0.2) is 24.3 Å². The van der Waals surface area contributed by atoms with Crippen LogP contribution < -0.4 is 15.8 Å². The molecule has 118 valence electrons. The summed E-state index contributed by atoms with van der Waals surface area (Å²) in [5.41, 5.74) is 6.43. The number of benzene rings is 1. The maximum Gasteiger partial charge on any atom is 0.573 e. The van der Waals surface area contributed by atoms with Gasteiger partial charge in [0, 0.05) is 6.54 Å². The number of nitrogens with two attached hydrogens (primary N) is 1. The summed E-state index contributed by atoms with van der Waals surface area (Å²) >= 11 is 0. The van der Waals surface area contributed by atoms with Crippen LogP contribution >= 0.6 is 0 Å². The summed E-state index contributed by atoms with van der Waals surface area (Å²) in [5, 5.41) is 2.65. The number of nitrogens with one attached hydrogen (secondary N) is 1. The van der Waals surface area contributed by atoms with Crippen LogP contribution in [0.3, 0.4) is 0 Å². The van der Waals surface area contributed by atoms with E-state index in [1.54, 1.807) is 0 Å². The minimum absolute atomic E-state index is 0.0626. The van der Waals surface area contributed by atoms with Crippen LogP contribution in [0.4, 0.5) is 13.2 Å². The molecule has 0 radical (unpaired) electrons. The Morgan fingerprint density at radius 3 is 2.38 bits per heavy atom. The number of hydrogen-bond acceptors (Lipinski definition) is 3. The van der Waals surface area contributed by atoms with Crippen molar-refractivity contribution in [1.82, 2.24) is 5.32 Å². The van der Waals surface area contributed by atoms with E-state index < -0.39 is 12.4 Å². The zero-order chi connectivity index (χ0) is 16.0. The van der Waals surface area contributed by atoms with E-state index in [4.69, 9.17) is 5.73 Å². The second-order valence-electron chi connectivity index (χ2n) is 4.82. The maximum atomic E-state index is 12.0. The number of carbonyl (C=O) groups is 1. The summed E-state index contributed by atoms with van der Waals surface area (Å²) < 4.78 is 39.8. The first kappa shape index (κ1) is 17.3. The van der Waals surface area contributed by atoms with Gasteiger partial charge in [0.05, 0.1) is 6.04 Å². The number of alkyl halides is 3. The van der Waals surface area contributed by atoms with Gasteiger partial charge in [0.25, 0.3) is 0 Å². The molecule has 0 spiro atoms. The lowest BCUT2D eigenvalue weighted by Crippen LogP contribution is -2.44. The molecule has 0 fully saturated rings. The van der Waals surface area contributed by atoms with Gasteiger partial charge in [-0.15, -0.1) is 13.2 Å². The van der Waals surface area contributed by atoms with Crippen LogP contribution in [0.5, 0.6) is 5.75 Å². The third kappa shape index (κ3) is 6.03. The van der Waals surface area contributed by atoms with E-state index in [9.17, 15) is 18.0 Å². The van der Waals surface area contributed by atoms with Crippen molar-refractivity contribution < 1.29 is 22.7 Å². The Balaban J connectivity index is 2.51. The number of carbonyl (C=O) groups excluding carboxylic acids is 1. The van der Waals surface area contributed by atoms with Crippen LogP contribution in [0.2, 0.25) is 0 Å². The van der Waals surface area contributed by atoms with Crippen molar-refractivity contribution in [1.29, 1.82) is 0 Å². The first-order chi connectivity index (χ1) is 9.73. The number of halogens is 3. The molecule has 1 amide bonds. The largest absolute Gasteiger partial charge is 0.573 e. The molecule has 4 nitrogen and oxygen atoms in total. The van der Waals surface area contributed by atoms with Gasteiger partial charge in [-0.05, 0) is 23.6 Å². The first-order valence-corrected chi connectivity index (χ1v) is 6.61. The van der Waals surface area contributed by atoms with Crippen LogP contribution in [0.1, 0.15) is 25.8 Å². The predicted molar refractivity (Wildman–Crippen MR) is 72.4 cm³/mol. The van der Waals surface area contributed by atoms with Crippen LogP contribution in [-0.2, 0) is 11.3 Å². The Labute approximate surface area is 121 Å². The molecule has 0 saturated carbocycles. The van der Waals surface area contributed by atoms with Crippen molar-refractivity contribution in [3.8, 4) is 5.75 Å². The van der Waals surface area contributed by atoms with Crippen LogP contribution in [-0.4, -0.2) is 18.3 Å². The topological polar surface area (TPSA) is 64.4 Å². The fraction of sp³-hybridized carbons (Fsp3) is 0.500. The van der Waals surface area contributed by atoms with Gasteiger partial charge in [-0.2, -0.15) is 0 Å². The molecule has 1 rings (SSSR count). The van der Waals surface area contributed by atoms with Crippen molar-refractivity contribution in [2.24, 2.45) is 11.7 Å². The van der Waals surface area contributed by atoms with Crippen molar-refractivity contribution in [3.63, 3.8) is 0 Å². The van der Waals surface area contributed by atoms with Crippen molar-refractivity contribution in [2.75, 3.05) is 0 Å². The Morgan fingerprint density at radius 2 is 1.90 bits per heavy atom. The van der Waals surface area contributed by atoms with Gasteiger partial charge in [-0.3, -0.25) is 4.79 Å². The molecule has 0 saturated heterocycles. The SMILES string of the molecule is CCC(C)C(N)C(=O)NCc1ccc(OC(F)(F)F)cc1. The fourth-order valence-corrected chi connectivity index (χ4v) is 1.63. The number of ether oxygens (including phenoxy) is 1. The minimum atomic E-state index is -4.71. The Morgan fingerprint density at radius 1 is 1.33 bits per heavy atom. The monoisotopic (exact) mass is 304 g/mol. The second kappa shape index (κ2) is 7.31. The third-order valence-corrected chi connectivity index (χ3v) is 3.18. The Bertz CT molecular complexity index is 460. The van der Waals surface area contributed by atoms with E-state index in [0.29, 0.717) is 5.56 Å². The zero-order valence-electron chi connectivity index (χ0n) is 11.9. The molecule has 0 aliphatic rings. The zero-order valence-corrected chi connectivity index (χ0v) is 11.9. The molecule has 2 atom stereocenters. The highest BCUT2D eigenvalue weighted by Gasteiger charge is 2.30. The molecule has 0 aliphatic carbocycles. The van der Waals surface area contributed by atoms with Gasteiger partial charge in [0.1, 0.15) is 5.75 Å². The quantitative estimate of drug-likeness (QED) is 0.849. The van der Waals surface area contributed by atoms with Crippen LogP contribution in [0, 0.1) is 5.92 Å². The molecule has 1 aromatic rings. The predicted octanol–water partition coefficient (Wildman–Crippen LogP) is 2.57.